The number of nitrogens with one attached hydrogen (secondary N) is 1. The molecule has 0 radical (unpaired) electrons. The van der Waals surface area contributed by atoms with Crippen molar-refractivity contribution in [3.05, 3.63) is 33.3 Å². The Morgan fingerprint density at radius 3 is 2.72 bits per heavy atom. The molecule has 0 aliphatic heterocycles. The number of nitro groups is 1. The molecule has 0 aliphatic rings. The molecule has 0 atom stereocenters. The number of benzene rings is 1. The monoisotopic (exact) mass is 271 g/mol. The zero-order valence-corrected chi connectivity index (χ0v) is 9.85. The van der Waals surface area contributed by atoms with Crippen LogP contribution in [0.25, 0.3) is 0 Å². The van der Waals surface area contributed by atoms with E-state index < -0.39 is 10.8 Å². The number of anilines is 1. The lowest BCUT2D eigenvalue weighted by molar-refractivity contribution is -0.384. The number of nitro benzene ring substituents is 1. The summed E-state index contributed by atoms with van der Waals surface area (Å²) in [4.78, 5) is 20.7. The number of primary amides is 1. The van der Waals surface area contributed by atoms with Gasteiger partial charge in [0, 0.05) is 11.1 Å². The van der Waals surface area contributed by atoms with Gasteiger partial charge < -0.3 is 11.5 Å². The van der Waals surface area contributed by atoms with Gasteiger partial charge in [0.2, 0.25) is 5.91 Å². The highest BCUT2D eigenvalue weighted by Crippen LogP contribution is 2.27. The highest BCUT2D eigenvalue weighted by Gasteiger charge is 2.13. The lowest BCUT2D eigenvalue weighted by atomic mass is 10.3. The highest BCUT2D eigenvalue weighted by molar-refractivity contribution is 6.31. The van der Waals surface area contributed by atoms with Crippen LogP contribution >= 0.6 is 11.6 Å². The number of hydrazone groups is 1. The summed E-state index contributed by atoms with van der Waals surface area (Å²) >= 11 is 5.70. The summed E-state index contributed by atoms with van der Waals surface area (Å²) in [6.45, 7) is 0. The number of halogens is 1. The number of carbonyl (C=O) groups excluding carboxylic acids is 1. The molecule has 96 valence electrons. The number of rotatable bonds is 5. The minimum absolute atomic E-state index is 0.0694. The van der Waals surface area contributed by atoms with Crippen LogP contribution in [0.4, 0.5) is 11.4 Å². The molecular formula is C9H10ClN5O3. The van der Waals surface area contributed by atoms with Crippen molar-refractivity contribution in [2.75, 3.05) is 5.43 Å². The number of nitrogens with two attached hydrogens (primary N) is 2. The average Bonchev–Trinajstić information content (AvgIpc) is 2.25. The number of amidine groups is 1. The summed E-state index contributed by atoms with van der Waals surface area (Å²) in [7, 11) is 0. The Morgan fingerprint density at radius 1 is 1.50 bits per heavy atom. The van der Waals surface area contributed by atoms with Crippen LogP contribution in [0.15, 0.2) is 23.3 Å². The molecule has 0 heterocycles. The summed E-state index contributed by atoms with van der Waals surface area (Å²) in [6.07, 6.45) is -0.249. The standard InChI is InChI=1S/C9H10ClN5O3/c10-5-1-2-7(15(17)18)6(3-5)13-14-8(11)4-9(12)16/h1-3,13H,4H2,(H2,11,14)(H2,12,16). The van der Waals surface area contributed by atoms with Gasteiger partial charge in [-0.3, -0.25) is 20.3 Å². The predicted molar refractivity (Wildman–Crippen MR) is 67.2 cm³/mol. The summed E-state index contributed by atoms with van der Waals surface area (Å²) in [5.41, 5.74) is 12.5. The molecule has 18 heavy (non-hydrogen) atoms. The zero-order valence-electron chi connectivity index (χ0n) is 9.09. The van der Waals surface area contributed by atoms with Gasteiger partial charge in [0.25, 0.3) is 5.69 Å². The number of amides is 1. The van der Waals surface area contributed by atoms with Crippen LogP contribution in [0.3, 0.4) is 0 Å². The minimum atomic E-state index is -0.654. The summed E-state index contributed by atoms with van der Waals surface area (Å²) < 4.78 is 0. The first-order valence-corrected chi connectivity index (χ1v) is 5.08. The molecule has 1 aromatic rings. The van der Waals surface area contributed by atoms with Gasteiger partial charge in [-0.25, -0.2) is 0 Å². The van der Waals surface area contributed by atoms with Crippen LogP contribution in [-0.4, -0.2) is 16.7 Å². The van der Waals surface area contributed by atoms with Gasteiger partial charge in [-0.2, -0.15) is 5.10 Å². The lowest BCUT2D eigenvalue weighted by Gasteiger charge is -2.03. The van der Waals surface area contributed by atoms with Crippen LogP contribution in [0.5, 0.6) is 0 Å². The van der Waals surface area contributed by atoms with Crippen molar-refractivity contribution < 1.29 is 9.72 Å². The minimum Gasteiger partial charge on any atom is -0.385 e. The van der Waals surface area contributed by atoms with Crippen LogP contribution in [0.1, 0.15) is 6.42 Å². The fraction of sp³-hybridized carbons (Fsp3) is 0.111. The smallest absolute Gasteiger partial charge is 0.294 e. The molecule has 0 aromatic heterocycles. The first-order chi connectivity index (χ1) is 8.40. The fourth-order valence-electron chi connectivity index (χ4n) is 1.11. The quantitative estimate of drug-likeness (QED) is 0.315. The molecule has 1 amide bonds. The van der Waals surface area contributed by atoms with E-state index in [2.05, 4.69) is 10.5 Å². The van der Waals surface area contributed by atoms with Crippen LogP contribution in [-0.2, 0) is 4.79 Å². The third-order valence-corrected chi connectivity index (χ3v) is 2.07. The van der Waals surface area contributed by atoms with E-state index in [9.17, 15) is 14.9 Å². The van der Waals surface area contributed by atoms with E-state index in [0.29, 0.717) is 5.02 Å². The Labute approximate surface area is 107 Å². The number of hydrogen-bond donors (Lipinski definition) is 3. The Balaban J connectivity index is 2.93. The van der Waals surface area contributed by atoms with E-state index in [1.165, 1.54) is 18.2 Å². The van der Waals surface area contributed by atoms with E-state index in [0.717, 1.165) is 0 Å². The summed E-state index contributed by atoms with van der Waals surface area (Å²) in [5.74, 6) is -0.740. The molecule has 5 N–H and O–H groups in total. The van der Waals surface area contributed by atoms with Gasteiger partial charge in [-0.1, -0.05) is 11.6 Å². The Hall–Kier alpha value is -2.35. The summed E-state index contributed by atoms with van der Waals surface area (Å²) in [6, 6.07) is 3.92. The summed E-state index contributed by atoms with van der Waals surface area (Å²) in [5, 5.41) is 14.6. The second kappa shape index (κ2) is 5.82. The van der Waals surface area contributed by atoms with Crippen LogP contribution < -0.4 is 16.9 Å². The number of nitrogens with zero attached hydrogens (tertiary/aromatic N) is 2. The molecule has 1 aromatic carbocycles. The first kappa shape index (κ1) is 13.7. The Morgan fingerprint density at radius 2 is 2.17 bits per heavy atom. The molecule has 0 fully saturated rings. The SMILES string of the molecule is NC(=O)C/C(N)=N\Nc1cc(Cl)ccc1[N+](=O)[O-]. The van der Waals surface area contributed by atoms with Gasteiger partial charge in [0.1, 0.15) is 11.5 Å². The lowest BCUT2D eigenvalue weighted by Crippen LogP contribution is -2.23. The highest BCUT2D eigenvalue weighted by atomic mass is 35.5. The van der Waals surface area contributed by atoms with E-state index >= 15 is 0 Å². The van der Waals surface area contributed by atoms with E-state index in [1.807, 2.05) is 0 Å². The van der Waals surface area contributed by atoms with E-state index in [-0.39, 0.29) is 23.6 Å². The average molecular weight is 272 g/mol. The third-order valence-electron chi connectivity index (χ3n) is 1.83. The van der Waals surface area contributed by atoms with Gasteiger partial charge in [0.05, 0.1) is 11.3 Å². The molecule has 0 saturated carbocycles. The van der Waals surface area contributed by atoms with Crippen molar-refractivity contribution in [1.29, 1.82) is 0 Å². The van der Waals surface area contributed by atoms with Crippen molar-refractivity contribution in [2.24, 2.45) is 16.6 Å². The van der Waals surface area contributed by atoms with Crippen molar-refractivity contribution >= 4 is 34.7 Å². The number of hydrogen-bond acceptors (Lipinski definition) is 5. The van der Waals surface area contributed by atoms with E-state index in [4.69, 9.17) is 23.1 Å². The van der Waals surface area contributed by atoms with Crippen molar-refractivity contribution in [1.82, 2.24) is 0 Å². The Kier molecular flexibility index (Phi) is 4.44. The second-order valence-electron chi connectivity index (χ2n) is 3.28. The van der Waals surface area contributed by atoms with Crippen molar-refractivity contribution in [3.63, 3.8) is 0 Å². The van der Waals surface area contributed by atoms with Crippen LogP contribution in [0, 0.1) is 10.1 Å². The number of carbonyl (C=O) groups is 1. The normalized spacial score (nSPS) is 11.1. The fourth-order valence-corrected chi connectivity index (χ4v) is 1.28. The molecular weight excluding hydrogens is 262 g/mol. The van der Waals surface area contributed by atoms with E-state index in [1.54, 1.807) is 0 Å². The maximum absolute atomic E-state index is 10.7. The molecule has 0 unspecified atom stereocenters. The first-order valence-electron chi connectivity index (χ1n) is 4.70. The molecule has 0 spiro atoms. The van der Waals surface area contributed by atoms with Gasteiger partial charge in [-0.15, -0.1) is 0 Å². The largest absolute Gasteiger partial charge is 0.385 e. The van der Waals surface area contributed by atoms with Crippen LogP contribution in [0.2, 0.25) is 5.02 Å². The molecule has 1 rings (SSSR count). The molecule has 0 saturated heterocycles. The van der Waals surface area contributed by atoms with Gasteiger partial charge >= 0.3 is 0 Å². The molecule has 9 heteroatoms. The maximum atomic E-state index is 10.7. The van der Waals surface area contributed by atoms with Crippen molar-refractivity contribution in [2.45, 2.75) is 6.42 Å². The Bertz CT molecular complexity index is 517. The molecule has 0 bridgehead atoms. The molecule has 0 aliphatic carbocycles. The topological polar surface area (TPSA) is 137 Å². The predicted octanol–water partition coefficient (Wildman–Crippen LogP) is 0.808. The van der Waals surface area contributed by atoms with Gasteiger partial charge in [0.15, 0.2) is 0 Å². The maximum Gasteiger partial charge on any atom is 0.294 e. The van der Waals surface area contributed by atoms with Crippen molar-refractivity contribution in [3.8, 4) is 0 Å². The third kappa shape index (κ3) is 3.91. The second-order valence-corrected chi connectivity index (χ2v) is 3.71. The zero-order chi connectivity index (χ0) is 13.7. The van der Waals surface area contributed by atoms with Gasteiger partial charge in [-0.05, 0) is 12.1 Å². The molecule has 8 nitrogen and oxygen atoms in total.